The first-order valence-electron chi connectivity index (χ1n) is 5.67. The second-order valence-corrected chi connectivity index (χ2v) is 4.03. The molecule has 0 bridgehead atoms. The Morgan fingerprint density at radius 3 is 2.93 bits per heavy atom. The molecule has 0 aromatic heterocycles. The monoisotopic (exact) mass is 195 g/mol. The summed E-state index contributed by atoms with van der Waals surface area (Å²) in [7, 11) is 0. The van der Waals surface area contributed by atoms with Gasteiger partial charge in [-0.25, -0.2) is 0 Å². The van der Waals surface area contributed by atoms with Gasteiger partial charge in [0.2, 0.25) is 0 Å². The Morgan fingerprint density at radius 2 is 2.21 bits per heavy atom. The van der Waals surface area contributed by atoms with Crippen molar-refractivity contribution < 1.29 is 5.11 Å². The maximum Gasteiger partial charge on any atom is 0.0586 e. The van der Waals surface area contributed by atoms with Gasteiger partial charge in [0.15, 0.2) is 0 Å². The third-order valence-electron chi connectivity index (χ3n) is 2.98. The van der Waals surface area contributed by atoms with Crippen LogP contribution in [0.15, 0.2) is 0 Å². The van der Waals surface area contributed by atoms with Gasteiger partial charge in [0.1, 0.15) is 0 Å². The molecule has 0 aliphatic carbocycles. The van der Waals surface area contributed by atoms with Gasteiger partial charge >= 0.3 is 0 Å². The van der Waals surface area contributed by atoms with Crippen LogP contribution in [0.4, 0.5) is 0 Å². The number of nitrogens with zero attached hydrogens (tertiary/aromatic N) is 1. The quantitative estimate of drug-likeness (QED) is 0.544. The predicted molar refractivity (Wildman–Crippen MR) is 59.0 cm³/mol. The maximum atomic E-state index is 9.26. The highest BCUT2D eigenvalue weighted by Gasteiger charge is 2.19. The number of aliphatic hydroxyl groups excluding tert-OH is 1. The molecule has 80 valence electrons. The molecule has 1 aliphatic rings. The SMILES string of the molecule is C#CCCCN1CCCCCC1CO. The first-order chi connectivity index (χ1) is 6.88. The van der Waals surface area contributed by atoms with Crippen molar-refractivity contribution in [2.45, 2.75) is 44.6 Å². The zero-order valence-electron chi connectivity index (χ0n) is 8.91. The molecule has 1 heterocycles. The number of aliphatic hydroxyl groups is 1. The smallest absolute Gasteiger partial charge is 0.0586 e. The van der Waals surface area contributed by atoms with Crippen molar-refractivity contribution in [3.05, 3.63) is 0 Å². The fraction of sp³-hybridized carbons (Fsp3) is 0.833. The largest absolute Gasteiger partial charge is 0.395 e. The molecule has 14 heavy (non-hydrogen) atoms. The van der Waals surface area contributed by atoms with E-state index in [2.05, 4.69) is 10.8 Å². The molecule has 1 unspecified atom stereocenters. The van der Waals surface area contributed by atoms with Crippen molar-refractivity contribution in [3.8, 4) is 12.3 Å². The van der Waals surface area contributed by atoms with E-state index < -0.39 is 0 Å². The zero-order valence-corrected chi connectivity index (χ0v) is 8.91. The van der Waals surface area contributed by atoms with Gasteiger partial charge in [0.05, 0.1) is 6.61 Å². The van der Waals surface area contributed by atoms with E-state index in [0.717, 1.165) is 32.4 Å². The number of terminal acetylenes is 1. The normalized spacial score (nSPS) is 24.1. The molecule has 1 aliphatic heterocycles. The molecule has 0 radical (unpaired) electrons. The second kappa shape index (κ2) is 6.86. The summed E-state index contributed by atoms with van der Waals surface area (Å²) in [5, 5.41) is 9.26. The highest BCUT2D eigenvalue weighted by molar-refractivity contribution is 4.84. The van der Waals surface area contributed by atoms with E-state index in [0.29, 0.717) is 12.6 Å². The standard InChI is InChI=1S/C12H21NO/c1-2-3-6-9-13-10-7-4-5-8-12(13)11-14/h1,12,14H,3-11H2. The molecule has 0 aromatic rings. The molecule has 2 heteroatoms. The van der Waals surface area contributed by atoms with E-state index >= 15 is 0 Å². The highest BCUT2D eigenvalue weighted by Crippen LogP contribution is 2.16. The number of likely N-dealkylation sites (tertiary alicyclic amines) is 1. The average molecular weight is 195 g/mol. The lowest BCUT2D eigenvalue weighted by Crippen LogP contribution is -2.38. The Balaban J connectivity index is 2.33. The summed E-state index contributed by atoms with van der Waals surface area (Å²) in [4.78, 5) is 2.41. The first kappa shape index (κ1) is 11.6. The van der Waals surface area contributed by atoms with Crippen molar-refractivity contribution >= 4 is 0 Å². The summed E-state index contributed by atoms with van der Waals surface area (Å²) in [6.07, 6.45) is 12.1. The van der Waals surface area contributed by atoms with E-state index in [4.69, 9.17) is 6.42 Å². The summed E-state index contributed by atoms with van der Waals surface area (Å²) in [6.45, 7) is 2.49. The number of unbranched alkanes of at least 4 members (excludes halogenated alkanes) is 1. The Kier molecular flexibility index (Phi) is 5.66. The fourth-order valence-corrected chi connectivity index (χ4v) is 2.12. The van der Waals surface area contributed by atoms with Gasteiger partial charge in [-0.15, -0.1) is 12.3 Å². The third kappa shape index (κ3) is 3.69. The molecule has 0 aromatic carbocycles. The summed E-state index contributed by atoms with van der Waals surface area (Å²) < 4.78 is 0. The van der Waals surface area contributed by atoms with Gasteiger partial charge in [-0.2, -0.15) is 0 Å². The molecule has 0 saturated carbocycles. The van der Waals surface area contributed by atoms with Crippen LogP contribution in [0.25, 0.3) is 0 Å². The van der Waals surface area contributed by atoms with Crippen molar-refractivity contribution in [1.82, 2.24) is 4.90 Å². The van der Waals surface area contributed by atoms with Gasteiger partial charge in [0, 0.05) is 12.5 Å². The molecule has 1 atom stereocenters. The minimum atomic E-state index is 0.302. The van der Waals surface area contributed by atoms with Crippen LogP contribution in [-0.4, -0.2) is 35.7 Å². The first-order valence-corrected chi connectivity index (χ1v) is 5.67. The Labute approximate surface area is 87.3 Å². The lowest BCUT2D eigenvalue weighted by Gasteiger charge is -2.28. The van der Waals surface area contributed by atoms with Crippen LogP contribution in [0.5, 0.6) is 0 Å². The third-order valence-corrected chi connectivity index (χ3v) is 2.98. The van der Waals surface area contributed by atoms with E-state index in [1.54, 1.807) is 0 Å². The van der Waals surface area contributed by atoms with E-state index in [1.165, 1.54) is 19.3 Å². The van der Waals surface area contributed by atoms with Gasteiger partial charge < -0.3 is 5.11 Å². The minimum absolute atomic E-state index is 0.302. The Hall–Kier alpha value is -0.520. The average Bonchev–Trinajstić information content (AvgIpc) is 2.43. The van der Waals surface area contributed by atoms with Crippen molar-refractivity contribution in [2.75, 3.05) is 19.7 Å². The predicted octanol–water partition coefficient (Wildman–Crippen LogP) is 1.64. The summed E-state index contributed by atoms with van der Waals surface area (Å²) in [5.74, 6) is 2.67. The van der Waals surface area contributed by atoms with Gasteiger partial charge in [-0.1, -0.05) is 12.8 Å². The van der Waals surface area contributed by atoms with Crippen LogP contribution >= 0.6 is 0 Å². The Morgan fingerprint density at radius 1 is 1.36 bits per heavy atom. The van der Waals surface area contributed by atoms with Crippen LogP contribution < -0.4 is 0 Å². The lowest BCUT2D eigenvalue weighted by atomic mass is 10.1. The van der Waals surface area contributed by atoms with Crippen LogP contribution in [0, 0.1) is 12.3 Å². The number of hydrogen-bond donors (Lipinski definition) is 1. The molecular formula is C12H21NO. The van der Waals surface area contributed by atoms with E-state index in [-0.39, 0.29) is 0 Å². The minimum Gasteiger partial charge on any atom is -0.395 e. The summed E-state index contributed by atoms with van der Waals surface area (Å²) in [6, 6.07) is 0.385. The zero-order chi connectivity index (χ0) is 10.2. The van der Waals surface area contributed by atoms with Crippen LogP contribution in [0.3, 0.4) is 0 Å². The van der Waals surface area contributed by atoms with E-state index in [1.807, 2.05) is 0 Å². The van der Waals surface area contributed by atoms with Gasteiger partial charge in [0.25, 0.3) is 0 Å². The number of rotatable bonds is 4. The highest BCUT2D eigenvalue weighted by atomic mass is 16.3. The molecule has 0 amide bonds. The molecule has 1 saturated heterocycles. The van der Waals surface area contributed by atoms with Crippen LogP contribution in [-0.2, 0) is 0 Å². The summed E-state index contributed by atoms with van der Waals surface area (Å²) in [5.41, 5.74) is 0. The van der Waals surface area contributed by atoms with Gasteiger partial charge in [-0.05, 0) is 32.4 Å². The number of hydrogen-bond acceptors (Lipinski definition) is 2. The second-order valence-electron chi connectivity index (χ2n) is 4.03. The van der Waals surface area contributed by atoms with Crippen LogP contribution in [0.1, 0.15) is 38.5 Å². The van der Waals surface area contributed by atoms with Gasteiger partial charge in [-0.3, -0.25) is 4.90 Å². The molecule has 1 fully saturated rings. The van der Waals surface area contributed by atoms with Crippen molar-refractivity contribution in [3.63, 3.8) is 0 Å². The molecule has 1 N–H and O–H groups in total. The molecule has 0 spiro atoms. The topological polar surface area (TPSA) is 23.5 Å². The van der Waals surface area contributed by atoms with Crippen molar-refractivity contribution in [2.24, 2.45) is 0 Å². The Bertz CT molecular complexity index is 185. The maximum absolute atomic E-state index is 9.26. The molecular weight excluding hydrogens is 174 g/mol. The molecule has 1 rings (SSSR count). The fourth-order valence-electron chi connectivity index (χ4n) is 2.12. The van der Waals surface area contributed by atoms with Crippen LogP contribution in [0.2, 0.25) is 0 Å². The lowest BCUT2D eigenvalue weighted by molar-refractivity contribution is 0.124. The molecule has 2 nitrogen and oxygen atoms in total. The summed E-state index contributed by atoms with van der Waals surface area (Å²) >= 11 is 0. The van der Waals surface area contributed by atoms with Crippen molar-refractivity contribution in [1.29, 1.82) is 0 Å². The van der Waals surface area contributed by atoms with E-state index in [9.17, 15) is 5.11 Å².